The average molecular weight is 356 g/mol. The van der Waals surface area contributed by atoms with Gasteiger partial charge < -0.3 is 10.6 Å². The van der Waals surface area contributed by atoms with Gasteiger partial charge in [-0.25, -0.2) is 4.98 Å². The largest absolute Gasteiger partial charge is 0.378 e. The number of nitrogens with one attached hydrogen (secondary N) is 3. The third-order valence-corrected chi connectivity index (χ3v) is 3.79. The van der Waals surface area contributed by atoms with Crippen LogP contribution in [0.25, 0.3) is 0 Å². The van der Waals surface area contributed by atoms with E-state index in [-0.39, 0.29) is 12.3 Å². The van der Waals surface area contributed by atoms with Gasteiger partial charge in [0.15, 0.2) is 5.82 Å². The van der Waals surface area contributed by atoms with E-state index >= 15 is 0 Å². The van der Waals surface area contributed by atoms with Crippen molar-refractivity contribution in [3.8, 4) is 0 Å². The number of hydrogen-bond acceptors (Lipinski definition) is 4. The van der Waals surface area contributed by atoms with Crippen LogP contribution in [0, 0.1) is 0 Å². The van der Waals surface area contributed by atoms with Crippen LogP contribution in [-0.4, -0.2) is 21.1 Å². The van der Waals surface area contributed by atoms with E-state index in [1.165, 1.54) is 0 Å². The molecule has 3 aromatic rings. The molecule has 1 amide bonds. The second-order valence-electron chi connectivity index (χ2n) is 5.50. The Bertz CT molecular complexity index is 817. The number of H-pyrrole nitrogens is 1. The average Bonchev–Trinajstić information content (AvgIpc) is 3.08. The zero-order valence-corrected chi connectivity index (χ0v) is 14.3. The third-order valence-electron chi connectivity index (χ3n) is 3.53. The van der Waals surface area contributed by atoms with Gasteiger partial charge in [-0.3, -0.25) is 9.89 Å². The smallest absolute Gasteiger partial charge is 0.228 e. The number of amides is 1. The molecule has 128 valence electrons. The number of nitrogens with zero attached hydrogens (tertiary/aromatic N) is 2. The van der Waals surface area contributed by atoms with E-state index in [0.29, 0.717) is 29.8 Å². The molecule has 3 rings (SSSR count). The fourth-order valence-electron chi connectivity index (χ4n) is 2.25. The van der Waals surface area contributed by atoms with Crippen molar-refractivity contribution >= 4 is 23.2 Å². The Morgan fingerprint density at radius 2 is 1.80 bits per heavy atom. The van der Waals surface area contributed by atoms with Crippen molar-refractivity contribution in [1.82, 2.24) is 20.5 Å². The number of benzene rings is 2. The standard InChI is InChI=1S/C18H18ClN5O/c19-14-6-8-15(9-7-14)20-12-17-22-16(23-24-17)10-18(25)21-11-13-4-2-1-3-5-13/h1-9,20H,10-12H2,(H,21,25)(H,22,23,24). The molecule has 6 nitrogen and oxygen atoms in total. The van der Waals surface area contributed by atoms with Gasteiger partial charge in [-0.15, -0.1) is 0 Å². The molecule has 0 aliphatic carbocycles. The first-order valence-electron chi connectivity index (χ1n) is 7.89. The molecule has 0 aliphatic heterocycles. The molecule has 0 spiro atoms. The van der Waals surface area contributed by atoms with Crippen LogP contribution in [0.1, 0.15) is 17.2 Å². The van der Waals surface area contributed by atoms with Crippen molar-refractivity contribution < 1.29 is 4.79 Å². The Balaban J connectivity index is 1.46. The summed E-state index contributed by atoms with van der Waals surface area (Å²) in [6.07, 6.45) is 0.143. The number of carbonyl (C=O) groups is 1. The second kappa shape index (κ2) is 8.30. The highest BCUT2D eigenvalue weighted by Gasteiger charge is 2.09. The van der Waals surface area contributed by atoms with Crippen LogP contribution in [-0.2, 0) is 24.3 Å². The molecule has 3 N–H and O–H groups in total. The van der Waals surface area contributed by atoms with Gasteiger partial charge >= 0.3 is 0 Å². The Kier molecular flexibility index (Phi) is 5.64. The van der Waals surface area contributed by atoms with Crippen LogP contribution < -0.4 is 10.6 Å². The van der Waals surface area contributed by atoms with Gasteiger partial charge in [0.1, 0.15) is 5.82 Å². The molecule has 0 unspecified atom stereocenters. The van der Waals surface area contributed by atoms with E-state index in [0.717, 1.165) is 11.3 Å². The number of anilines is 1. The zero-order chi connectivity index (χ0) is 17.5. The lowest BCUT2D eigenvalue weighted by atomic mass is 10.2. The van der Waals surface area contributed by atoms with Gasteiger partial charge in [0.25, 0.3) is 0 Å². The minimum absolute atomic E-state index is 0.111. The Morgan fingerprint density at radius 1 is 1.04 bits per heavy atom. The van der Waals surface area contributed by atoms with Crippen molar-refractivity contribution in [2.45, 2.75) is 19.5 Å². The van der Waals surface area contributed by atoms with Crippen molar-refractivity contribution in [3.05, 3.63) is 76.8 Å². The molecule has 7 heteroatoms. The lowest BCUT2D eigenvalue weighted by Gasteiger charge is -2.04. The van der Waals surface area contributed by atoms with E-state index in [2.05, 4.69) is 25.8 Å². The predicted octanol–water partition coefficient (Wildman–Crippen LogP) is 2.93. The number of aromatic nitrogens is 3. The number of hydrogen-bond donors (Lipinski definition) is 3. The van der Waals surface area contributed by atoms with Crippen molar-refractivity contribution in [1.29, 1.82) is 0 Å². The number of aromatic amines is 1. The summed E-state index contributed by atoms with van der Waals surface area (Å²) in [5.41, 5.74) is 1.99. The molecular formula is C18H18ClN5O. The van der Waals surface area contributed by atoms with Crippen molar-refractivity contribution in [2.75, 3.05) is 5.32 Å². The molecule has 1 aromatic heterocycles. The summed E-state index contributed by atoms with van der Waals surface area (Å²) < 4.78 is 0. The maximum Gasteiger partial charge on any atom is 0.228 e. The van der Waals surface area contributed by atoms with Gasteiger partial charge in [0.2, 0.25) is 5.91 Å². The van der Waals surface area contributed by atoms with Gasteiger partial charge in [-0.1, -0.05) is 41.9 Å². The minimum Gasteiger partial charge on any atom is -0.378 e. The van der Waals surface area contributed by atoms with E-state index in [1.54, 1.807) is 0 Å². The van der Waals surface area contributed by atoms with Crippen molar-refractivity contribution in [2.24, 2.45) is 0 Å². The number of halogens is 1. The minimum atomic E-state index is -0.111. The fourth-order valence-corrected chi connectivity index (χ4v) is 2.38. The summed E-state index contributed by atoms with van der Waals surface area (Å²) in [7, 11) is 0. The third kappa shape index (κ3) is 5.32. The predicted molar refractivity (Wildman–Crippen MR) is 97.2 cm³/mol. The molecule has 1 heterocycles. The van der Waals surface area contributed by atoms with Crippen LogP contribution in [0.2, 0.25) is 5.02 Å². The van der Waals surface area contributed by atoms with Crippen LogP contribution in [0.5, 0.6) is 0 Å². The Labute approximate surface area is 150 Å². The van der Waals surface area contributed by atoms with E-state index in [1.807, 2.05) is 54.6 Å². The molecule has 0 fully saturated rings. The maximum atomic E-state index is 12.0. The first-order chi connectivity index (χ1) is 12.2. The summed E-state index contributed by atoms with van der Waals surface area (Å²) in [6, 6.07) is 17.2. The highest BCUT2D eigenvalue weighted by molar-refractivity contribution is 6.30. The maximum absolute atomic E-state index is 12.0. The Hall–Kier alpha value is -2.86. The van der Waals surface area contributed by atoms with Crippen molar-refractivity contribution in [3.63, 3.8) is 0 Å². The van der Waals surface area contributed by atoms with Gasteiger partial charge in [0.05, 0.1) is 13.0 Å². The van der Waals surface area contributed by atoms with Gasteiger partial charge in [-0.2, -0.15) is 5.10 Å². The van der Waals surface area contributed by atoms with Crippen LogP contribution in [0.15, 0.2) is 54.6 Å². The highest BCUT2D eigenvalue weighted by Crippen LogP contribution is 2.13. The summed E-state index contributed by atoms with van der Waals surface area (Å²) in [6.45, 7) is 0.981. The van der Waals surface area contributed by atoms with Gasteiger partial charge in [-0.05, 0) is 29.8 Å². The lowest BCUT2D eigenvalue weighted by molar-refractivity contribution is -0.120. The summed E-state index contributed by atoms with van der Waals surface area (Å²) in [5.74, 6) is 1.03. The van der Waals surface area contributed by atoms with Gasteiger partial charge in [0, 0.05) is 17.3 Å². The first-order valence-corrected chi connectivity index (χ1v) is 8.27. The van der Waals surface area contributed by atoms with E-state index in [9.17, 15) is 4.79 Å². The highest BCUT2D eigenvalue weighted by atomic mass is 35.5. The quantitative estimate of drug-likeness (QED) is 0.608. The molecule has 0 saturated carbocycles. The molecule has 0 bridgehead atoms. The summed E-state index contributed by atoms with van der Waals surface area (Å²) >= 11 is 5.85. The summed E-state index contributed by atoms with van der Waals surface area (Å²) in [5, 5.41) is 13.7. The van der Waals surface area contributed by atoms with Crippen LogP contribution in [0.4, 0.5) is 5.69 Å². The zero-order valence-electron chi connectivity index (χ0n) is 13.5. The van der Waals surface area contributed by atoms with E-state index < -0.39 is 0 Å². The lowest BCUT2D eigenvalue weighted by Crippen LogP contribution is -2.25. The first kappa shape index (κ1) is 17.0. The second-order valence-corrected chi connectivity index (χ2v) is 5.93. The molecule has 0 radical (unpaired) electrons. The van der Waals surface area contributed by atoms with E-state index in [4.69, 9.17) is 11.6 Å². The van der Waals surface area contributed by atoms with Crippen LogP contribution >= 0.6 is 11.6 Å². The molecule has 2 aromatic carbocycles. The summed E-state index contributed by atoms with van der Waals surface area (Å²) in [4.78, 5) is 16.3. The number of carbonyl (C=O) groups excluding carboxylic acids is 1. The SMILES string of the molecule is O=C(Cc1n[nH]c(CNc2ccc(Cl)cc2)n1)NCc1ccccc1. The normalized spacial score (nSPS) is 10.4. The fraction of sp³-hybridized carbons (Fsp3) is 0.167. The molecule has 0 saturated heterocycles. The monoisotopic (exact) mass is 355 g/mol. The molecule has 0 aliphatic rings. The number of rotatable bonds is 7. The molecule has 25 heavy (non-hydrogen) atoms. The Morgan fingerprint density at radius 3 is 2.56 bits per heavy atom. The van der Waals surface area contributed by atoms with Crippen LogP contribution in [0.3, 0.4) is 0 Å². The molecule has 0 atom stereocenters. The molecular weight excluding hydrogens is 338 g/mol. The topological polar surface area (TPSA) is 82.7 Å².